The van der Waals surface area contributed by atoms with E-state index in [4.69, 9.17) is 24.5 Å². The standard InChI is InChI=1S/C27H24N2O5/c1-18-27(25(34-29-18)15-26(30)31)21-9-13-23(14-10-21)32-16-19-7-11-22(12-8-19)33-17-24(28)20-5-3-2-4-6-20/h2-14,28H,15-17H2,1H3,(H,30,31)/p+1. The number of rotatable bonds is 10. The van der Waals surface area contributed by atoms with Gasteiger partial charge in [0.05, 0.1) is 5.69 Å². The highest BCUT2D eigenvalue weighted by Gasteiger charge is 2.17. The van der Waals surface area contributed by atoms with E-state index in [1.165, 1.54) is 0 Å². The minimum atomic E-state index is -0.966. The lowest BCUT2D eigenvalue weighted by Gasteiger charge is -2.09. The van der Waals surface area contributed by atoms with Crippen molar-refractivity contribution in [3.8, 4) is 22.6 Å². The molecule has 7 heteroatoms. The van der Waals surface area contributed by atoms with Gasteiger partial charge in [0.1, 0.15) is 24.5 Å². The van der Waals surface area contributed by atoms with Crippen LogP contribution in [0.15, 0.2) is 83.4 Å². The molecule has 0 bridgehead atoms. The number of ether oxygens (including phenoxy) is 2. The Hall–Kier alpha value is -4.39. The third-order valence-electron chi connectivity index (χ3n) is 5.26. The number of carbonyl (C=O) groups is 1. The predicted molar refractivity (Wildman–Crippen MR) is 127 cm³/mol. The van der Waals surface area contributed by atoms with Gasteiger partial charge in [-0.15, -0.1) is 0 Å². The third kappa shape index (κ3) is 5.69. The number of carboxylic acids is 1. The summed E-state index contributed by atoms with van der Waals surface area (Å²) in [5.74, 6) is 0.798. The van der Waals surface area contributed by atoms with Crippen LogP contribution in [0.25, 0.3) is 11.1 Å². The first-order chi connectivity index (χ1) is 16.5. The number of aryl methyl sites for hydroxylation is 1. The molecule has 172 valence electrons. The Labute approximate surface area is 197 Å². The van der Waals surface area contributed by atoms with Crippen molar-refractivity contribution in [2.75, 3.05) is 6.61 Å². The zero-order chi connectivity index (χ0) is 23.9. The topological polar surface area (TPSA) is 107 Å². The molecule has 0 unspecified atom stereocenters. The van der Waals surface area contributed by atoms with Gasteiger partial charge in [-0.3, -0.25) is 10.2 Å². The van der Waals surface area contributed by atoms with E-state index in [0.29, 0.717) is 41.7 Å². The van der Waals surface area contributed by atoms with Crippen LogP contribution in [0.2, 0.25) is 0 Å². The number of hydrogen-bond donors (Lipinski definition) is 2. The summed E-state index contributed by atoms with van der Waals surface area (Å²) in [4.78, 5) is 11.1. The first-order valence-electron chi connectivity index (χ1n) is 10.8. The number of aromatic nitrogens is 1. The average Bonchev–Trinajstić information content (AvgIpc) is 3.21. The fourth-order valence-corrected chi connectivity index (χ4v) is 3.51. The van der Waals surface area contributed by atoms with Gasteiger partial charge in [0.15, 0.2) is 12.4 Å². The summed E-state index contributed by atoms with van der Waals surface area (Å²) in [7, 11) is 0. The van der Waals surface area contributed by atoms with E-state index in [1.54, 1.807) is 6.92 Å². The molecule has 0 aliphatic rings. The fraction of sp³-hybridized carbons (Fsp3) is 0.148. The highest BCUT2D eigenvalue weighted by atomic mass is 16.5. The highest BCUT2D eigenvalue weighted by Crippen LogP contribution is 2.29. The van der Waals surface area contributed by atoms with Crippen molar-refractivity contribution < 1.29 is 29.3 Å². The number of nitrogens with zero attached hydrogens (tertiary/aromatic N) is 1. The van der Waals surface area contributed by atoms with E-state index >= 15 is 0 Å². The first kappa shape index (κ1) is 22.8. The van der Waals surface area contributed by atoms with Gasteiger partial charge in [0, 0.05) is 11.1 Å². The summed E-state index contributed by atoms with van der Waals surface area (Å²) < 4.78 is 16.8. The number of aliphatic carboxylic acids is 1. The Morgan fingerprint density at radius 1 is 0.941 bits per heavy atom. The van der Waals surface area contributed by atoms with Gasteiger partial charge in [-0.05, 0) is 54.4 Å². The highest BCUT2D eigenvalue weighted by molar-refractivity contribution is 5.96. The van der Waals surface area contributed by atoms with Gasteiger partial charge < -0.3 is 19.1 Å². The van der Waals surface area contributed by atoms with Crippen molar-refractivity contribution in [2.24, 2.45) is 0 Å². The molecule has 0 aliphatic carbocycles. The monoisotopic (exact) mass is 457 g/mol. The molecular formula is C27H25N2O5+. The van der Waals surface area contributed by atoms with Crippen LogP contribution in [-0.2, 0) is 17.8 Å². The van der Waals surface area contributed by atoms with Crippen molar-refractivity contribution in [3.63, 3.8) is 0 Å². The van der Waals surface area contributed by atoms with Gasteiger partial charge in [-0.2, -0.15) is 0 Å². The van der Waals surface area contributed by atoms with E-state index < -0.39 is 5.97 Å². The fourth-order valence-electron chi connectivity index (χ4n) is 3.51. The molecule has 3 aromatic carbocycles. The van der Waals surface area contributed by atoms with Gasteiger partial charge >= 0.3 is 5.97 Å². The van der Waals surface area contributed by atoms with Crippen LogP contribution in [-0.4, -0.2) is 28.6 Å². The third-order valence-corrected chi connectivity index (χ3v) is 5.26. The van der Waals surface area contributed by atoms with Crippen molar-refractivity contribution in [1.82, 2.24) is 5.16 Å². The number of nitrogens with two attached hydrogens (primary N) is 1. The Morgan fingerprint density at radius 2 is 1.59 bits per heavy atom. The lowest BCUT2D eigenvalue weighted by molar-refractivity contribution is -0.136. The predicted octanol–water partition coefficient (Wildman–Crippen LogP) is 3.48. The van der Waals surface area contributed by atoms with Crippen LogP contribution >= 0.6 is 0 Å². The number of hydrogen-bond acceptors (Lipinski definition) is 5. The molecule has 0 saturated carbocycles. The van der Waals surface area contributed by atoms with E-state index in [-0.39, 0.29) is 6.42 Å². The van der Waals surface area contributed by atoms with E-state index in [9.17, 15) is 4.79 Å². The minimum absolute atomic E-state index is 0.217. The van der Waals surface area contributed by atoms with Gasteiger partial charge in [0.25, 0.3) is 0 Å². The van der Waals surface area contributed by atoms with Crippen molar-refractivity contribution >= 4 is 11.7 Å². The Bertz CT molecular complexity index is 1260. The Morgan fingerprint density at radius 3 is 2.26 bits per heavy atom. The van der Waals surface area contributed by atoms with E-state index in [1.807, 2.05) is 78.9 Å². The molecule has 1 heterocycles. The van der Waals surface area contributed by atoms with Crippen LogP contribution in [0.1, 0.15) is 22.6 Å². The normalized spacial score (nSPS) is 10.6. The summed E-state index contributed by atoms with van der Waals surface area (Å²) in [5.41, 5.74) is 4.80. The maximum Gasteiger partial charge on any atom is 0.311 e. The van der Waals surface area contributed by atoms with Gasteiger partial charge in [-0.1, -0.05) is 47.6 Å². The molecule has 3 N–H and O–H groups in total. The van der Waals surface area contributed by atoms with E-state index in [2.05, 4.69) is 5.16 Å². The van der Waals surface area contributed by atoms with Gasteiger partial charge in [0.2, 0.25) is 5.71 Å². The van der Waals surface area contributed by atoms with Crippen LogP contribution in [0.3, 0.4) is 0 Å². The zero-order valence-electron chi connectivity index (χ0n) is 18.7. The largest absolute Gasteiger partial charge is 0.489 e. The summed E-state index contributed by atoms with van der Waals surface area (Å²) >= 11 is 0. The molecule has 0 aliphatic heterocycles. The molecular weight excluding hydrogens is 432 g/mol. The Kier molecular flexibility index (Phi) is 7.03. The maximum absolute atomic E-state index is 11.1. The molecule has 4 rings (SSSR count). The second-order valence-corrected chi connectivity index (χ2v) is 7.77. The van der Waals surface area contributed by atoms with Crippen molar-refractivity contribution in [2.45, 2.75) is 20.0 Å². The van der Waals surface area contributed by atoms with Crippen LogP contribution in [0, 0.1) is 6.92 Å². The molecule has 0 radical (unpaired) electrons. The Balaban J connectivity index is 1.31. The molecule has 4 aromatic rings. The van der Waals surface area contributed by atoms with Crippen LogP contribution in [0.5, 0.6) is 11.5 Å². The maximum atomic E-state index is 11.1. The molecule has 34 heavy (non-hydrogen) atoms. The quantitative estimate of drug-likeness (QED) is 0.353. The molecule has 0 spiro atoms. The van der Waals surface area contributed by atoms with Crippen molar-refractivity contribution in [3.05, 3.63) is 101 Å². The molecule has 0 fully saturated rings. The van der Waals surface area contributed by atoms with Crippen molar-refractivity contribution in [1.29, 1.82) is 0 Å². The lowest BCUT2D eigenvalue weighted by atomic mass is 10.0. The first-order valence-corrected chi connectivity index (χ1v) is 10.8. The molecule has 1 aromatic heterocycles. The molecule has 7 nitrogen and oxygen atoms in total. The molecule has 0 atom stereocenters. The summed E-state index contributed by atoms with van der Waals surface area (Å²) in [6.07, 6.45) is -0.217. The summed E-state index contributed by atoms with van der Waals surface area (Å²) in [6, 6.07) is 24.8. The molecule has 0 saturated heterocycles. The second-order valence-electron chi connectivity index (χ2n) is 7.77. The second kappa shape index (κ2) is 10.5. The van der Waals surface area contributed by atoms with E-state index in [0.717, 1.165) is 22.4 Å². The number of benzene rings is 3. The van der Waals surface area contributed by atoms with Crippen LogP contribution in [0.4, 0.5) is 0 Å². The van der Waals surface area contributed by atoms with Crippen LogP contribution < -0.4 is 14.9 Å². The smallest absolute Gasteiger partial charge is 0.311 e. The zero-order valence-corrected chi connectivity index (χ0v) is 18.7. The minimum Gasteiger partial charge on any atom is -0.489 e. The lowest BCUT2D eigenvalue weighted by Crippen LogP contribution is -2.43. The SMILES string of the molecule is Cc1noc(CC(=O)O)c1-c1ccc(OCc2ccc(OCC(=[NH2+])c3ccccc3)cc2)cc1. The number of carboxylic acid groups (broad SMARTS) is 1. The van der Waals surface area contributed by atoms with Gasteiger partial charge in [-0.25, -0.2) is 0 Å². The summed E-state index contributed by atoms with van der Waals surface area (Å²) in [5, 5.41) is 19.1. The average molecular weight is 458 g/mol. The summed E-state index contributed by atoms with van der Waals surface area (Å²) in [6.45, 7) is 2.50. The molecule has 0 amide bonds.